The average molecular weight is 462 g/mol. The van der Waals surface area contributed by atoms with Crippen molar-refractivity contribution in [2.45, 2.75) is 25.7 Å². The van der Waals surface area contributed by atoms with Gasteiger partial charge in [0.2, 0.25) is 0 Å². The van der Waals surface area contributed by atoms with Crippen LogP contribution in [-0.4, -0.2) is 14.8 Å². The molecule has 1 aromatic heterocycles. The van der Waals surface area contributed by atoms with Gasteiger partial charge in [-0.3, -0.25) is 0 Å². The Labute approximate surface area is 194 Å². The maximum atomic E-state index is 13.8. The Morgan fingerprint density at radius 1 is 0.939 bits per heavy atom. The Kier molecular flexibility index (Phi) is 5.72. The summed E-state index contributed by atoms with van der Waals surface area (Å²) < 4.78 is 34.8. The molecule has 5 rings (SSSR count). The van der Waals surface area contributed by atoms with Crippen LogP contribution in [0.4, 0.5) is 14.6 Å². The lowest BCUT2D eigenvalue weighted by molar-refractivity contribution is 0.300. The van der Waals surface area contributed by atoms with Gasteiger partial charge in [-0.2, -0.15) is 5.10 Å². The number of aryl methyl sites for hydroxylation is 1. The number of hydrogen-bond acceptors (Lipinski definition) is 4. The molecule has 1 atom stereocenters. The summed E-state index contributed by atoms with van der Waals surface area (Å²) in [4.78, 5) is 4.76. The van der Waals surface area contributed by atoms with Crippen molar-refractivity contribution in [1.29, 1.82) is 0 Å². The summed E-state index contributed by atoms with van der Waals surface area (Å²) in [7, 11) is 0. The van der Waals surface area contributed by atoms with Crippen molar-refractivity contribution in [2.24, 2.45) is 4.99 Å². The number of hydrogen-bond donors (Lipinski definition) is 0. The van der Waals surface area contributed by atoms with Gasteiger partial charge in [0.05, 0.1) is 21.7 Å². The molecule has 2 heterocycles. The van der Waals surface area contributed by atoms with E-state index in [2.05, 4.69) is 0 Å². The lowest BCUT2D eigenvalue weighted by atomic mass is 10.0. The van der Waals surface area contributed by atoms with Crippen LogP contribution in [0.15, 0.2) is 77.8 Å². The third-order valence-electron chi connectivity index (χ3n) is 5.50. The minimum Gasteiger partial charge on any atom is -0.489 e. The molecular weight excluding hydrogens is 440 g/mol. The molecule has 0 amide bonds. The van der Waals surface area contributed by atoms with Crippen molar-refractivity contribution in [3.63, 3.8) is 0 Å². The van der Waals surface area contributed by atoms with Crippen molar-refractivity contribution < 1.29 is 13.5 Å². The van der Waals surface area contributed by atoms with E-state index in [1.807, 2.05) is 38.1 Å². The van der Waals surface area contributed by atoms with Crippen LogP contribution in [0.1, 0.15) is 34.6 Å². The molecule has 1 aliphatic heterocycles. The summed E-state index contributed by atoms with van der Waals surface area (Å²) in [6, 6.07) is 20.7. The minimum atomic E-state index is -0.290. The molecule has 0 N–H and O–H groups in total. The van der Waals surface area contributed by atoms with Gasteiger partial charge in [0.1, 0.15) is 24.0 Å². The molecule has 0 saturated heterocycles. The Morgan fingerprint density at radius 2 is 1.67 bits per heavy atom. The van der Waals surface area contributed by atoms with Crippen LogP contribution in [-0.2, 0) is 6.61 Å². The molecule has 33 heavy (non-hydrogen) atoms. The van der Waals surface area contributed by atoms with Crippen molar-refractivity contribution in [1.82, 2.24) is 9.78 Å². The molecule has 7 heteroatoms. The molecule has 0 saturated carbocycles. The lowest BCUT2D eigenvalue weighted by Crippen LogP contribution is -2.06. The highest BCUT2D eigenvalue weighted by Crippen LogP contribution is 2.47. The largest absolute Gasteiger partial charge is 0.489 e. The number of halogens is 2. The van der Waals surface area contributed by atoms with Crippen LogP contribution in [0, 0.1) is 18.6 Å². The van der Waals surface area contributed by atoms with E-state index >= 15 is 0 Å². The maximum Gasteiger partial charge on any atom is 0.161 e. The number of benzene rings is 3. The Hall–Kier alpha value is -3.45. The fourth-order valence-corrected chi connectivity index (χ4v) is 5.03. The summed E-state index contributed by atoms with van der Waals surface area (Å²) in [5.41, 5.74) is 4.29. The molecule has 0 unspecified atom stereocenters. The molecule has 166 valence electrons. The van der Waals surface area contributed by atoms with E-state index in [0.717, 1.165) is 33.4 Å². The van der Waals surface area contributed by atoms with Gasteiger partial charge in [-0.15, -0.1) is 0 Å². The second kappa shape index (κ2) is 8.83. The van der Waals surface area contributed by atoms with Gasteiger partial charge in [0, 0.05) is 11.1 Å². The van der Waals surface area contributed by atoms with Gasteiger partial charge in [0.15, 0.2) is 5.82 Å². The molecule has 0 radical (unpaired) electrons. The quantitative estimate of drug-likeness (QED) is 0.324. The molecule has 0 spiro atoms. The summed E-state index contributed by atoms with van der Waals surface area (Å²) in [6.07, 6.45) is 0. The van der Waals surface area contributed by atoms with Crippen LogP contribution < -0.4 is 4.74 Å². The number of rotatable bonds is 5. The predicted octanol–water partition coefficient (Wildman–Crippen LogP) is 6.92. The summed E-state index contributed by atoms with van der Waals surface area (Å²) in [6.45, 7) is 4.11. The van der Waals surface area contributed by atoms with Crippen LogP contribution in [0.5, 0.6) is 5.75 Å². The Balaban J connectivity index is 1.42. The van der Waals surface area contributed by atoms with Crippen LogP contribution >= 0.6 is 11.8 Å². The van der Waals surface area contributed by atoms with Gasteiger partial charge in [-0.25, -0.2) is 18.5 Å². The highest BCUT2D eigenvalue weighted by Gasteiger charge is 2.30. The summed E-state index contributed by atoms with van der Waals surface area (Å²) in [5.74, 6) is 0.873. The first-order valence-electron chi connectivity index (χ1n) is 10.5. The van der Waals surface area contributed by atoms with Gasteiger partial charge in [-0.1, -0.05) is 42.1 Å². The van der Waals surface area contributed by atoms with E-state index in [-0.39, 0.29) is 23.5 Å². The average Bonchev–Trinajstić information content (AvgIpc) is 3.15. The van der Waals surface area contributed by atoms with E-state index in [1.54, 1.807) is 46.8 Å². The first-order valence-corrected chi connectivity index (χ1v) is 11.4. The molecule has 4 nitrogen and oxygen atoms in total. The number of thioether (sulfide) groups is 1. The topological polar surface area (TPSA) is 39.4 Å². The third-order valence-corrected chi connectivity index (χ3v) is 6.68. The van der Waals surface area contributed by atoms with E-state index in [0.29, 0.717) is 11.3 Å². The van der Waals surface area contributed by atoms with Gasteiger partial charge in [0.25, 0.3) is 0 Å². The standard InChI is InChI=1S/C26H21F2N3OS/c1-16-24-25(18-7-13-22(14-8-18)32-15-19-5-3-4-6-23(19)28)33-17(2)29-26(24)31(30-16)21-11-9-20(27)10-12-21/h3-14,25H,15H2,1-2H3/t25-/m0/s1. The molecule has 0 bridgehead atoms. The second-order valence-electron chi connectivity index (χ2n) is 7.79. The Morgan fingerprint density at radius 3 is 2.39 bits per heavy atom. The van der Waals surface area contributed by atoms with Gasteiger partial charge >= 0.3 is 0 Å². The zero-order valence-electron chi connectivity index (χ0n) is 18.1. The molecule has 4 aromatic rings. The van der Waals surface area contributed by atoms with E-state index < -0.39 is 0 Å². The Bertz CT molecular complexity index is 1330. The smallest absolute Gasteiger partial charge is 0.161 e. The third kappa shape index (κ3) is 4.28. The molecule has 3 aromatic carbocycles. The van der Waals surface area contributed by atoms with Crippen LogP contribution in [0.3, 0.4) is 0 Å². The van der Waals surface area contributed by atoms with E-state index in [9.17, 15) is 8.78 Å². The van der Waals surface area contributed by atoms with Crippen molar-refractivity contribution in [3.05, 3.63) is 107 Å². The van der Waals surface area contributed by atoms with E-state index in [4.69, 9.17) is 14.8 Å². The molecular formula is C26H21F2N3OS. The minimum absolute atomic E-state index is 0.0207. The maximum absolute atomic E-state index is 13.8. The second-order valence-corrected chi connectivity index (χ2v) is 9.09. The zero-order chi connectivity index (χ0) is 22.9. The van der Waals surface area contributed by atoms with Crippen LogP contribution in [0.2, 0.25) is 0 Å². The number of aliphatic imine (C=N–C) groups is 1. The number of ether oxygens (including phenoxy) is 1. The number of aromatic nitrogens is 2. The SMILES string of the molecule is CC1=Nc2c(c(C)nn2-c2ccc(F)cc2)[C@H](c2ccc(OCc3ccccc3F)cc2)S1. The van der Waals surface area contributed by atoms with Crippen molar-refractivity contribution >= 4 is 22.6 Å². The van der Waals surface area contributed by atoms with Gasteiger partial charge in [-0.05, 0) is 61.9 Å². The zero-order valence-corrected chi connectivity index (χ0v) is 18.9. The molecule has 0 aliphatic carbocycles. The monoisotopic (exact) mass is 461 g/mol. The molecule has 0 fully saturated rings. The lowest BCUT2D eigenvalue weighted by Gasteiger charge is -2.22. The van der Waals surface area contributed by atoms with E-state index in [1.165, 1.54) is 18.2 Å². The summed E-state index contributed by atoms with van der Waals surface area (Å²) in [5, 5.41) is 5.65. The highest BCUT2D eigenvalue weighted by molar-refractivity contribution is 8.14. The number of nitrogens with zero attached hydrogens (tertiary/aromatic N) is 3. The normalized spacial score (nSPS) is 15.2. The first-order chi connectivity index (χ1) is 16.0. The fourth-order valence-electron chi connectivity index (χ4n) is 3.86. The first kappa shape index (κ1) is 21.4. The van der Waals surface area contributed by atoms with Crippen molar-refractivity contribution in [2.75, 3.05) is 0 Å². The van der Waals surface area contributed by atoms with Crippen LogP contribution in [0.25, 0.3) is 5.69 Å². The predicted molar refractivity (Wildman–Crippen MR) is 128 cm³/mol. The summed E-state index contributed by atoms with van der Waals surface area (Å²) >= 11 is 1.67. The molecule has 1 aliphatic rings. The van der Waals surface area contributed by atoms with Crippen molar-refractivity contribution in [3.8, 4) is 11.4 Å². The highest BCUT2D eigenvalue weighted by atomic mass is 32.2. The fraction of sp³-hybridized carbons (Fsp3) is 0.154. The number of fused-ring (bicyclic) bond motifs is 1. The van der Waals surface area contributed by atoms with Gasteiger partial charge < -0.3 is 4.74 Å².